The molecule has 1 saturated heterocycles. The zero-order valence-electron chi connectivity index (χ0n) is 14.2. The number of hydrogen-bond acceptors (Lipinski definition) is 2. The van der Waals surface area contributed by atoms with Gasteiger partial charge in [-0.1, -0.05) is 12.1 Å². The maximum atomic E-state index is 12.2. The molecular formula is C19H26N3O2+. The summed E-state index contributed by atoms with van der Waals surface area (Å²) in [5.74, 6) is 0.947. The van der Waals surface area contributed by atoms with E-state index in [0.717, 1.165) is 30.1 Å². The van der Waals surface area contributed by atoms with Gasteiger partial charge in [0.15, 0.2) is 11.8 Å². The molecule has 2 amide bonds. The molecule has 1 aliphatic heterocycles. The fourth-order valence-corrected chi connectivity index (χ4v) is 3.38. The number of furan rings is 1. The van der Waals surface area contributed by atoms with E-state index in [1.807, 2.05) is 43.3 Å². The summed E-state index contributed by atoms with van der Waals surface area (Å²) in [6, 6.07) is 11.7. The van der Waals surface area contributed by atoms with Crippen molar-refractivity contribution in [3.63, 3.8) is 0 Å². The van der Waals surface area contributed by atoms with E-state index in [9.17, 15) is 4.79 Å². The Bertz CT molecular complexity index is 648. The van der Waals surface area contributed by atoms with Gasteiger partial charge in [-0.3, -0.25) is 0 Å². The van der Waals surface area contributed by atoms with Crippen LogP contribution in [0, 0.1) is 6.92 Å². The summed E-state index contributed by atoms with van der Waals surface area (Å²) >= 11 is 0. The van der Waals surface area contributed by atoms with Crippen LogP contribution in [0.1, 0.15) is 36.6 Å². The molecule has 2 aromatic rings. The second-order valence-corrected chi connectivity index (χ2v) is 6.49. The minimum Gasteiger partial charge on any atom is -0.463 e. The first-order chi connectivity index (χ1) is 11.7. The van der Waals surface area contributed by atoms with E-state index in [1.54, 1.807) is 6.26 Å². The standard InChI is InChI=1S/C19H25N3O2/c1-15-7-5-8-16(13-15)21-19(23)20-14-17(18-9-6-12-24-18)22-10-3-2-4-11-22/h5-9,12-13,17H,2-4,10-11,14H2,1H3,(H2,20,21,23)/p+1/t17-/m1/s1. The molecule has 3 rings (SSSR count). The second-order valence-electron chi connectivity index (χ2n) is 6.49. The highest BCUT2D eigenvalue weighted by molar-refractivity contribution is 5.89. The van der Waals surface area contributed by atoms with Gasteiger partial charge in [0.05, 0.1) is 25.9 Å². The molecule has 1 aliphatic rings. The Morgan fingerprint density at radius 1 is 1.21 bits per heavy atom. The SMILES string of the molecule is Cc1cccc(NC(=O)NC[C@H](c2ccco2)[NH+]2CCCCC2)c1. The highest BCUT2D eigenvalue weighted by atomic mass is 16.3. The molecule has 0 saturated carbocycles. The van der Waals surface area contributed by atoms with Crippen LogP contribution in [0.2, 0.25) is 0 Å². The van der Waals surface area contributed by atoms with Crippen molar-refractivity contribution in [1.82, 2.24) is 5.32 Å². The molecule has 1 aromatic heterocycles. The fourth-order valence-electron chi connectivity index (χ4n) is 3.38. The van der Waals surface area contributed by atoms with Crippen LogP contribution in [0.3, 0.4) is 0 Å². The lowest BCUT2D eigenvalue weighted by Crippen LogP contribution is -3.13. The molecule has 5 heteroatoms. The third-order valence-electron chi connectivity index (χ3n) is 4.62. The number of piperidine rings is 1. The van der Waals surface area contributed by atoms with E-state index in [-0.39, 0.29) is 12.1 Å². The number of hydrogen-bond donors (Lipinski definition) is 3. The number of urea groups is 1. The molecule has 0 spiro atoms. The predicted molar refractivity (Wildman–Crippen MR) is 94.2 cm³/mol. The topological polar surface area (TPSA) is 58.7 Å². The largest absolute Gasteiger partial charge is 0.463 e. The van der Waals surface area contributed by atoms with Gasteiger partial charge in [0.2, 0.25) is 0 Å². The van der Waals surface area contributed by atoms with Crippen molar-refractivity contribution in [1.29, 1.82) is 0 Å². The van der Waals surface area contributed by atoms with Crippen LogP contribution in [-0.4, -0.2) is 25.7 Å². The molecule has 1 aromatic carbocycles. The van der Waals surface area contributed by atoms with E-state index in [0.29, 0.717) is 6.54 Å². The number of likely N-dealkylation sites (tertiary alicyclic amines) is 1. The smallest absolute Gasteiger partial charge is 0.319 e. The minimum absolute atomic E-state index is 0.170. The maximum absolute atomic E-state index is 12.2. The summed E-state index contributed by atoms with van der Waals surface area (Å²) in [7, 11) is 0. The van der Waals surface area contributed by atoms with Crippen molar-refractivity contribution in [3.8, 4) is 0 Å². The molecule has 3 N–H and O–H groups in total. The summed E-state index contributed by atoms with van der Waals surface area (Å²) in [6.45, 7) is 4.84. The van der Waals surface area contributed by atoms with Crippen molar-refractivity contribution in [3.05, 3.63) is 54.0 Å². The molecule has 2 heterocycles. The Labute approximate surface area is 143 Å². The number of quaternary nitrogens is 1. The summed E-state index contributed by atoms with van der Waals surface area (Å²) < 4.78 is 5.62. The van der Waals surface area contributed by atoms with E-state index >= 15 is 0 Å². The predicted octanol–water partition coefficient (Wildman–Crippen LogP) is 2.52. The molecule has 0 bridgehead atoms. The number of anilines is 1. The molecule has 1 atom stereocenters. The van der Waals surface area contributed by atoms with Crippen molar-refractivity contribution in [2.75, 3.05) is 25.0 Å². The van der Waals surface area contributed by atoms with Crippen LogP contribution < -0.4 is 15.5 Å². The Balaban J connectivity index is 1.59. The molecule has 0 radical (unpaired) electrons. The summed E-state index contributed by atoms with van der Waals surface area (Å²) in [5, 5.41) is 5.90. The lowest BCUT2D eigenvalue weighted by molar-refractivity contribution is -0.936. The van der Waals surface area contributed by atoms with E-state index in [4.69, 9.17) is 4.42 Å². The van der Waals surface area contributed by atoms with Gasteiger partial charge in [-0.15, -0.1) is 0 Å². The number of aryl methyl sites for hydroxylation is 1. The number of carbonyl (C=O) groups is 1. The lowest BCUT2D eigenvalue weighted by atomic mass is 10.1. The van der Waals surface area contributed by atoms with Gasteiger partial charge in [0.25, 0.3) is 0 Å². The summed E-state index contributed by atoms with van der Waals surface area (Å²) in [5.41, 5.74) is 1.94. The first-order valence-corrected chi connectivity index (χ1v) is 8.72. The van der Waals surface area contributed by atoms with Gasteiger partial charge in [-0.05, 0) is 56.0 Å². The number of amides is 2. The van der Waals surface area contributed by atoms with E-state index in [1.165, 1.54) is 24.2 Å². The quantitative estimate of drug-likeness (QED) is 0.790. The van der Waals surface area contributed by atoms with Gasteiger partial charge >= 0.3 is 6.03 Å². The number of benzene rings is 1. The summed E-state index contributed by atoms with van der Waals surface area (Å²) in [6.07, 6.45) is 5.48. The average Bonchev–Trinajstić information content (AvgIpc) is 3.10. The molecule has 24 heavy (non-hydrogen) atoms. The van der Waals surface area contributed by atoms with Gasteiger partial charge < -0.3 is 20.0 Å². The first kappa shape index (κ1) is 16.6. The lowest BCUT2D eigenvalue weighted by Gasteiger charge is -2.30. The third kappa shape index (κ3) is 4.38. The average molecular weight is 328 g/mol. The highest BCUT2D eigenvalue weighted by Gasteiger charge is 2.28. The van der Waals surface area contributed by atoms with Crippen LogP contribution in [0.15, 0.2) is 47.1 Å². The van der Waals surface area contributed by atoms with Crippen LogP contribution in [0.5, 0.6) is 0 Å². The van der Waals surface area contributed by atoms with Crippen molar-refractivity contribution in [2.24, 2.45) is 0 Å². The maximum Gasteiger partial charge on any atom is 0.319 e. The van der Waals surface area contributed by atoms with Crippen LogP contribution in [0.4, 0.5) is 10.5 Å². The number of rotatable bonds is 5. The zero-order chi connectivity index (χ0) is 16.8. The molecule has 128 valence electrons. The Hall–Kier alpha value is -2.27. The van der Waals surface area contributed by atoms with Gasteiger partial charge in [-0.2, -0.15) is 0 Å². The first-order valence-electron chi connectivity index (χ1n) is 8.72. The van der Waals surface area contributed by atoms with Crippen molar-refractivity contribution in [2.45, 2.75) is 32.2 Å². The number of nitrogens with one attached hydrogen (secondary N) is 3. The van der Waals surface area contributed by atoms with Crippen LogP contribution >= 0.6 is 0 Å². The fraction of sp³-hybridized carbons (Fsp3) is 0.421. The van der Waals surface area contributed by atoms with E-state index < -0.39 is 0 Å². The molecule has 0 aliphatic carbocycles. The minimum atomic E-state index is -0.173. The van der Waals surface area contributed by atoms with Crippen molar-refractivity contribution >= 4 is 11.7 Å². The van der Waals surface area contributed by atoms with Gasteiger partial charge in [0.1, 0.15) is 0 Å². The van der Waals surface area contributed by atoms with Gasteiger partial charge in [-0.25, -0.2) is 4.79 Å². The third-order valence-corrected chi connectivity index (χ3v) is 4.62. The van der Waals surface area contributed by atoms with E-state index in [2.05, 4.69) is 10.6 Å². The summed E-state index contributed by atoms with van der Waals surface area (Å²) in [4.78, 5) is 13.7. The second kappa shape index (κ2) is 8.02. The Kier molecular flexibility index (Phi) is 5.54. The Morgan fingerprint density at radius 3 is 2.75 bits per heavy atom. The zero-order valence-corrected chi connectivity index (χ0v) is 14.2. The highest BCUT2D eigenvalue weighted by Crippen LogP contribution is 2.12. The normalized spacial score (nSPS) is 16.5. The molecule has 1 fully saturated rings. The van der Waals surface area contributed by atoms with Crippen LogP contribution in [-0.2, 0) is 0 Å². The van der Waals surface area contributed by atoms with Crippen molar-refractivity contribution < 1.29 is 14.1 Å². The monoisotopic (exact) mass is 328 g/mol. The van der Waals surface area contributed by atoms with Crippen LogP contribution in [0.25, 0.3) is 0 Å². The Morgan fingerprint density at radius 2 is 2.04 bits per heavy atom. The number of carbonyl (C=O) groups excluding carboxylic acids is 1. The molecular weight excluding hydrogens is 302 g/mol. The molecule has 0 unspecified atom stereocenters. The molecule has 5 nitrogen and oxygen atoms in total. The van der Waals surface area contributed by atoms with Gasteiger partial charge in [0, 0.05) is 5.69 Å².